The van der Waals surface area contributed by atoms with Gasteiger partial charge in [0.2, 0.25) is 5.95 Å². The number of benzene rings is 1. The largest absolute Gasteiger partial charge is 0.478 e. The van der Waals surface area contributed by atoms with Gasteiger partial charge in [-0.2, -0.15) is 4.39 Å². The Balaban J connectivity index is 0.000000331. The summed E-state index contributed by atoms with van der Waals surface area (Å²) in [6, 6.07) is 9.70. The number of carboxylic acid groups (broad SMARTS) is 2. The first-order valence-corrected chi connectivity index (χ1v) is 10.8. The Hall–Kier alpha value is -3.36. The van der Waals surface area contributed by atoms with E-state index in [-0.39, 0.29) is 0 Å². The van der Waals surface area contributed by atoms with E-state index in [4.69, 9.17) is 10.2 Å². The zero-order valence-electron chi connectivity index (χ0n) is 18.6. The lowest BCUT2D eigenvalue weighted by molar-refractivity contribution is -0.134. The summed E-state index contributed by atoms with van der Waals surface area (Å²) in [5.74, 6) is -2.94. The minimum absolute atomic E-state index is 0.428. The van der Waals surface area contributed by atoms with E-state index in [2.05, 4.69) is 46.1 Å². The number of pyridine rings is 1. The van der Waals surface area contributed by atoms with Crippen LogP contribution in [0.25, 0.3) is 16.7 Å². The van der Waals surface area contributed by atoms with Gasteiger partial charge in [0.05, 0.1) is 0 Å². The normalized spacial score (nSPS) is 16.1. The summed E-state index contributed by atoms with van der Waals surface area (Å²) in [6.45, 7) is 5.78. The number of halogens is 1. The molecule has 1 aliphatic heterocycles. The molecule has 4 rings (SSSR count). The van der Waals surface area contributed by atoms with Gasteiger partial charge >= 0.3 is 11.9 Å². The maximum absolute atomic E-state index is 13.1. The van der Waals surface area contributed by atoms with E-state index in [0.29, 0.717) is 12.2 Å². The second-order valence-corrected chi connectivity index (χ2v) is 8.04. The van der Waals surface area contributed by atoms with Crippen LogP contribution < -0.4 is 0 Å². The van der Waals surface area contributed by atoms with Gasteiger partial charge < -0.3 is 20.0 Å². The Morgan fingerprint density at radius 2 is 1.70 bits per heavy atom. The zero-order chi connectivity index (χ0) is 23.8. The molecule has 1 aliphatic carbocycles. The van der Waals surface area contributed by atoms with E-state index in [1.54, 1.807) is 6.20 Å². The van der Waals surface area contributed by atoms with Crippen molar-refractivity contribution in [2.24, 2.45) is 0 Å². The molecule has 174 valence electrons. The number of rotatable bonds is 6. The summed E-state index contributed by atoms with van der Waals surface area (Å²) < 4.78 is 13.1. The van der Waals surface area contributed by atoms with Gasteiger partial charge in [-0.25, -0.2) is 14.6 Å². The van der Waals surface area contributed by atoms with Gasteiger partial charge in [-0.15, -0.1) is 0 Å². The summed E-state index contributed by atoms with van der Waals surface area (Å²) in [4.78, 5) is 27.9. The van der Waals surface area contributed by atoms with Crippen LogP contribution in [0.15, 0.2) is 54.8 Å². The maximum Gasteiger partial charge on any atom is 0.328 e. The molecule has 7 nitrogen and oxygen atoms in total. The topological polar surface area (TPSA) is 94.0 Å². The van der Waals surface area contributed by atoms with E-state index in [1.807, 2.05) is 6.07 Å². The van der Waals surface area contributed by atoms with Crippen LogP contribution in [-0.2, 0) is 16.0 Å². The second kappa shape index (κ2) is 11.5. The van der Waals surface area contributed by atoms with Crippen LogP contribution in [0.5, 0.6) is 0 Å². The molecule has 33 heavy (non-hydrogen) atoms. The number of allylic oxidation sites excluding steroid dienone is 1. The number of aromatic nitrogens is 1. The van der Waals surface area contributed by atoms with Crippen molar-refractivity contribution in [1.29, 1.82) is 0 Å². The molecule has 2 heterocycles. The molecule has 0 spiro atoms. The Morgan fingerprint density at radius 1 is 1.03 bits per heavy atom. The van der Waals surface area contributed by atoms with Crippen molar-refractivity contribution in [1.82, 2.24) is 14.8 Å². The fourth-order valence-corrected chi connectivity index (χ4v) is 3.98. The van der Waals surface area contributed by atoms with E-state index < -0.39 is 17.9 Å². The molecule has 1 aromatic carbocycles. The standard InChI is InChI=1S/C21H24FN3.C4H4O4/c1-24-11-13-25(14-12-24)10-9-16-5-7-20-18(16)3-2-4-19(20)17-6-8-21(22)23-15-17;5-3(6)1-2-4(7)8/h2-6,8,15H,7,9-14H2,1H3;1-2H,(H,5,6)(H,7,8). The number of hydrogen-bond acceptors (Lipinski definition) is 5. The van der Waals surface area contributed by atoms with Gasteiger partial charge in [0, 0.05) is 56.6 Å². The van der Waals surface area contributed by atoms with Gasteiger partial charge in [0.15, 0.2) is 0 Å². The molecule has 2 aliphatic rings. The van der Waals surface area contributed by atoms with Gasteiger partial charge in [-0.05, 0) is 54.3 Å². The van der Waals surface area contributed by atoms with Crippen molar-refractivity contribution in [3.05, 3.63) is 71.8 Å². The number of aliphatic carboxylic acids is 2. The number of nitrogens with zero attached hydrogens (tertiary/aromatic N) is 3. The van der Waals surface area contributed by atoms with Crippen molar-refractivity contribution in [3.63, 3.8) is 0 Å². The molecule has 2 N–H and O–H groups in total. The monoisotopic (exact) mass is 453 g/mol. The number of likely N-dealkylation sites (N-methyl/N-ethyl adjacent to an activating group) is 1. The highest BCUT2D eigenvalue weighted by atomic mass is 19.1. The van der Waals surface area contributed by atoms with Crippen molar-refractivity contribution in [3.8, 4) is 11.1 Å². The number of fused-ring (bicyclic) bond motifs is 1. The molecule has 8 heteroatoms. The Bertz CT molecular complexity index is 1030. The molecule has 0 radical (unpaired) electrons. The Morgan fingerprint density at radius 3 is 2.30 bits per heavy atom. The average Bonchev–Trinajstić information content (AvgIpc) is 3.22. The van der Waals surface area contributed by atoms with Crippen LogP contribution >= 0.6 is 0 Å². The quantitative estimate of drug-likeness (QED) is 0.513. The molecule has 1 aromatic heterocycles. The highest BCUT2D eigenvalue weighted by Gasteiger charge is 2.20. The van der Waals surface area contributed by atoms with Crippen molar-refractivity contribution in [2.45, 2.75) is 12.8 Å². The van der Waals surface area contributed by atoms with Crippen molar-refractivity contribution >= 4 is 17.5 Å². The van der Waals surface area contributed by atoms with Gasteiger partial charge in [0.25, 0.3) is 0 Å². The number of hydrogen-bond donors (Lipinski definition) is 2. The van der Waals surface area contributed by atoms with Crippen LogP contribution in [0, 0.1) is 5.95 Å². The molecule has 1 fully saturated rings. The minimum Gasteiger partial charge on any atom is -0.478 e. The second-order valence-electron chi connectivity index (χ2n) is 8.04. The Kier molecular flexibility index (Phi) is 8.46. The zero-order valence-corrected chi connectivity index (χ0v) is 18.6. The highest BCUT2D eigenvalue weighted by Crippen LogP contribution is 2.36. The summed E-state index contributed by atoms with van der Waals surface area (Å²) >= 11 is 0. The summed E-state index contributed by atoms with van der Waals surface area (Å²) in [5, 5.41) is 15.6. The summed E-state index contributed by atoms with van der Waals surface area (Å²) in [5.41, 5.74) is 6.33. The lowest BCUT2D eigenvalue weighted by Crippen LogP contribution is -2.44. The van der Waals surface area contributed by atoms with E-state index >= 15 is 0 Å². The molecule has 0 unspecified atom stereocenters. The van der Waals surface area contributed by atoms with Gasteiger partial charge in [0.1, 0.15) is 0 Å². The predicted octanol–water partition coefficient (Wildman–Crippen LogP) is 3.18. The number of carbonyl (C=O) groups is 2. The molecule has 0 bridgehead atoms. The molecule has 0 amide bonds. The lowest BCUT2D eigenvalue weighted by Gasteiger charge is -2.32. The minimum atomic E-state index is -1.26. The highest BCUT2D eigenvalue weighted by molar-refractivity contribution is 5.89. The molecule has 2 aromatic rings. The first kappa shape index (κ1) is 24.3. The molecular formula is C25H28FN3O4. The average molecular weight is 454 g/mol. The van der Waals surface area contributed by atoms with Gasteiger partial charge in [-0.3, -0.25) is 0 Å². The lowest BCUT2D eigenvalue weighted by atomic mass is 9.95. The van der Waals surface area contributed by atoms with Crippen molar-refractivity contribution in [2.75, 3.05) is 39.8 Å². The Labute approximate surface area is 192 Å². The first-order chi connectivity index (χ1) is 15.8. The van der Waals surface area contributed by atoms with Gasteiger partial charge in [-0.1, -0.05) is 24.3 Å². The SMILES string of the molecule is CN1CCN(CCC2=CCc3c2cccc3-c2ccc(F)nc2)CC1.O=C(O)C=CC(=O)O. The fraction of sp³-hybridized carbons (Fsp3) is 0.320. The molecule has 1 saturated heterocycles. The summed E-state index contributed by atoms with van der Waals surface area (Å²) in [6.07, 6.45) is 7.17. The predicted molar refractivity (Wildman–Crippen MR) is 124 cm³/mol. The van der Waals surface area contributed by atoms with Crippen LogP contribution in [0.4, 0.5) is 4.39 Å². The number of piperazine rings is 1. The van der Waals surface area contributed by atoms with E-state index in [9.17, 15) is 14.0 Å². The maximum atomic E-state index is 13.1. The van der Waals surface area contributed by atoms with Crippen molar-refractivity contribution < 1.29 is 24.2 Å². The first-order valence-electron chi connectivity index (χ1n) is 10.8. The number of carboxylic acids is 2. The van der Waals surface area contributed by atoms with E-state index in [1.165, 1.54) is 28.3 Å². The van der Waals surface area contributed by atoms with Crippen LogP contribution in [0.3, 0.4) is 0 Å². The third-order valence-electron chi connectivity index (χ3n) is 5.77. The van der Waals surface area contributed by atoms with Crippen LogP contribution in [-0.4, -0.2) is 76.7 Å². The summed E-state index contributed by atoms with van der Waals surface area (Å²) in [7, 11) is 2.19. The van der Waals surface area contributed by atoms with E-state index in [0.717, 1.165) is 51.1 Å². The van der Waals surface area contributed by atoms with Crippen LogP contribution in [0.2, 0.25) is 0 Å². The fourth-order valence-electron chi connectivity index (χ4n) is 3.98. The molecular weight excluding hydrogens is 425 g/mol. The smallest absolute Gasteiger partial charge is 0.328 e. The molecule has 0 saturated carbocycles. The molecule has 0 atom stereocenters. The van der Waals surface area contributed by atoms with Crippen LogP contribution in [0.1, 0.15) is 17.5 Å². The third-order valence-corrected chi connectivity index (χ3v) is 5.77. The third kappa shape index (κ3) is 7.06.